The highest BCUT2D eigenvalue weighted by Gasteiger charge is 2.31. The lowest BCUT2D eigenvalue weighted by atomic mass is 9.87. The fraction of sp³-hybridized carbons (Fsp3) is 0.941. The van der Waals surface area contributed by atoms with Crippen LogP contribution in [-0.2, 0) is 23.7 Å². The summed E-state index contributed by atoms with van der Waals surface area (Å²) in [6.07, 6.45) is 9.75. The van der Waals surface area contributed by atoms with Gasteiger partial charge in [-0.25, -0.2) is 0 Å². The molecule has 3 rings (SSSR count). The molecule has 0 bridgehead atoms. The molecule has 3 fully saturated rings. The van der Waals surface area contributed by atoms with Gasteiger partial charge in [0.25, 0.3) is 0 Å². The second kappa shape index (κ2) is 8.27. The molecule has 0 aromatic rings. The summed E-state index contributed by atoms with van der Waals surface area (Å²) in [7, 11) is 0. The first-order valence-electron chi connectivity index (χ1n) is 8.90. The summed E-state index contributed by atoms with van der Waals surface area (Å²) in [5.41, 5.74) is 0. The van der Waals surface area contributed by atoms with Gasteiger partial charge in [-0.15, -0.1) is 0 Å². The van der Waals surface area contributed by atoms with Crippen molar-refractivity contribution < 1.29 is 23.7 Å². The molecule has 2 aliphatic heterocycles. The van der Waals surface area contributed by atoms with Crippen molar-refractivity contribution in [3.8, 4) is 0 Å². The Morgan fingerprint density at radius 3 is 2.00 bits per heavy atom. The van der Waals surface area contributed by atoms with E-state index >= 15 is 0 Å². The van der Waals surface area contributed by atoms with E-state index < -0.39 is 0 Å². The summed E-state index contributed by atoms with van der Waals surface area (Å²) < 4.78 is 22.6. The van der Waals surface area contributed by atoms with Crippen LogP contribution in [0.4, 0.5) is 0 Å². The summed E-state index contributed by atoms with van der Waals surface area (Å²) in [6.45, 7) is 1.52. The van der Waals surface area contributed by atoms with Crippen LogP contribution in [0.3, 0.4) is 0 Å². The minimum atomic E-state index is -0.314. The van der Waals surface area contributed by atoms with Crippen LogP contribution in [0.1, 0.15) is 64.2 Å². The van der Waals surface area contributed by atoms with Gasteiger partial charge in [0.05, 0.1) is 18.6 Å². The van der Waals surface area contributed by atoms with Crippen molar-refractivity contribution in [3.05, 3.63) is 0 Å². The van der Waals surface area contributed by atoms with Gasteiger partial charge in [0.1, 0.15) is 0 Å². The van der Waals surface area contributed by atoms with Crippen LogP contribution in [0.5, 0.6) is 0 Å². The van der Waals surface area contributed by atoms with Gasteiger partial charge in [-0.2, -0.15) is 0 Å². The highest BCUT2D eigenvalue weighted by molar-refractivity contribution is 5.72. The molecule has 5 heteroatoms. The SMILES string of the molecule is O=C(O[C@H]1CCCCO1)C1CCC(O[C@H]2CCCCO2)CC1. The number of rotatable bonds is 4. The number of carbonyl (C=O) groups excluding carboxylic acids is 1. The summed E-state index contributed by atoms with van der Waals surface area (Å²) in [6, 6.07) is 0. The predicted octanol–water partition coefficient (Wildman–Crippen LogP) is 3.16. The van der Waals surface area contributed by atoms with Crippen LogP contribution in [0.25, 0.3) is 0 Å². The smallest absolute Gasteiger partial charge is 0.311 e. The zero-order valence-electron chi connectivity index (χ0n) is 13.3. The van der Waals surface area contributed by atoms with Crippen molar-refractivity contribution in [2.75, 3.05) is 13.2 Å². The predicted molar refractivity (Wildman–Crippen MR) is 80.1 cm³/mol. The quantitative estimate of drug-likeness (QED) is 0.746. The van der Waals surface area contributed by atoms with Crippen LogP contribution in [0.2, 0.25) is 0 Å². The molecular weight excluding hydrogens is 284 g/mol. The Balaban J connectivity index is 1.36. The lowest BCUT2D eigenvalue weighted by Gasteiger charge is -2.32. The van der Waals surface area contributed by atoms with Crippen LogP contribution in [0.15, 0.2) is 0 Å². The van der Waals surface area contributed by atoms with E-state index in [1.807, 2.05) is 0 Å². The average molecular weight is 312 g/mol. The van der Waals surface area contributed by atoms with Crippen molar-refractivity contribution >= 4 is 5.97 Å². The molecule has 0 radical (unpaired) electrons. The van der Waals surface area contributed by atoms with Crippen molar-refractivity contribution in [3.63, 3.8) is 0 Å². The molecule has 2 saturated heterocycles. The molecule has 2 heterocycles. The fourth-order valence-corrected chi connectivity index (χ4v) is 3.50. The Labute approximate surface area is 132 Å². The molecule has 1 aliphatic carbocycles. The Bertz CT molecular complexity index is 339. The molecule has 22 heavy (non-hydrogen) atoms. The second-order valence-electron chi connectivity index (χ2n) is 6.64. The minimum absolute atomic E-state index is 0.0117. The van der Waals surface area contributed by atoms with Crippen molar-refractivity contribution in [2.24, 2.45) is 5.92 Å². The number of hydrogen-bond acceptors (Lipinski definition) is 5. The third kappa shape index (κ3) is 4.67. The first-order chi connectivity index (χ1) is 10.8. The Hall–Kier alpha value is -0.650. The molecule has 0 N–H and O–H groups in total. The molecule has 2 atom stereocenters. The zero-order chi connectivity index (χ0) is 15.2. The summed E-state index contributed by atoms with van der Waals surface area (Å²) in [4.78, 5) is 12.2. The van der Waals surface area contributed by atoms with Crippen molar-refractivity contribution in [1.29, 1.82) is 0 Å². The summed E-state index contributed by atoms with van der Waals surface area (Å²) in [5, 5.41) is 0. The van der Waals surface area contributed by atoms with Gasteiger partial charge in [0.15, 0.2) is 6.29 Å². The monoisotopic (exact) mass is 312 g/mol. The molecule has 1 saturated carbocycles. The maximum Gasteiger partial charge on any atom is 0.311 e. The fourth-order valence-electron chi connectivity index (χ4n) is 3.50. The van der Waals surface area contributed by atoms with E-state index in [2.05, 4.69) is 0 Å². The molecule has 0 aromatic carbocycles. The molecule has 0 spiro atoms. The Morgan fingerprint density at radius 1 is 0.773 bits per heavy atom. The van der Waals surface area contributed by atoms with E-state index in [1.54, 1.807) is 0 Å². The highest BCUT2D eigenvalue weighted by atomic mass is 16.7. The normalized spacial score (nSPS) is 36.7. The molecule has 0 unspecified atom stereocenters. The summed E-state index contributed by atoms with van der Waals surface area (Å²) >= 11 is 0. The van der Waals surface area contributed by atoms with E-state index in [-0.39, 0.29) is 30.6 Å². The largest absolute Gasteiger partial charge is 0.436 e. The first kappa shape index (κ1) is 16.2. The lowest BCUT2D eigenvalue weighted by molar-refractivity contribution is -0.201. The summed E-state index contributed by atoms with van der Waals surface area (Å²) in [5.74, 6) is -0.0723. The lowest BCUT2D eigenvalue weighted by Crippen LogP contribution is -2.34. The van der Waals surface area contributed by atoms with Crippen LogP contribution < -0.4 is 0 Å². The van der Waals surface area contributed by atoms with Crippen molar-refractivity contribution in [2.45, 2.75) is 82.9 Å². The topological polar surface area (TPSA) is 54.0 Å². The molecular formula is C17H28O5. The molecule has 126 valence electrons. The van der Waals surface area contributed by atoms with Gasteiger partial charge in [-0.05, 0) is 57.8 Å². The highest BCUT2D eigenvalue weighted by Crippen LogP contribution is 2.30. The van der Waals surface area contributed by atoms with E-state index in [0.29, 0.717) is 6.61 Å². The number of ether oxygens (including phenoxy) is 4. The van der Waals surface area contributed by atoms with Crippen molar-refractivity contribution in [1.82, 2.24) is 0 Å². The van der Waals surface area contributed by atoms with Gasteiger partial charge < -0.3 is 18.9 Å². The molecule has 0 aromatic heterocycles. The van der Waals surface area contributed by atoms with Gasteiger partial charge >= 0.3 is 5.97 Å². The third-order valence-corrected chi connectivity index (χ3v) is 4.88. The molecule has 5 nitrogen and oxygen atoms in total. The van der Waals surface area contributed by atoms with Crippen LogP contribution >= 0.6 is 0 Å². The van der Waals surface area contributed by atoms with Gasteiger partial charge in [-0.3, -0.25) is 4.79 Å². The van der Waals surface area contributed by atoms with Crippen LogP contribution in [0, 0.1) is 5.92 Å². The van der Waals surface area contributed by atoms with E-state index in [4.69, 9.17) is 18.9 Å². The first-order valence-corrected chi connectivity index (χ1v) is 8.90. The maximum absolute atomic E-state index is 12.2. The molecule has 3 aliphatic rings. The van der Waals surface area contributed by atoms with E-state index in [9.17, 15) is 4.79 Å². The zero-order valence-corrected chi connectivity index (χ0v) is 13.3. The standard InChI is InChI=1S/C17H28O5/c18-17(22-16-6-2-4-12-20-16)13-7-9-14(10-8-13)21-15-5-1-3-11-19-15/h13-16H,1-12H2/t13?,14?,15-,16-/m0/s1. The Morgan fingerprint density at radius 2 is 1.41 bits per heavy atom. The minimum Gasteiger partial charge on any atom is -0.436 e. The molecule has 0 amide bonds. The van der Waals surface area contributed by atoms with E-state index in [0.717, 1.165) is 64.4 Å². The Kier molecular flexibility index (Phi) is 6.10. The van der Waals surface area contributed by atoms with Gasteiger partial charge in [0.2, 0.25) is 6.29 Å². The van der Waals surface area contributed by atoms with Gasteiger partial charge in [0, 0.05) is 13.0 Å². The van der Waals surface area contributed by atoms with Crippen LogP contribution in [-0.4, -0.2) is 37.9 Å². The van der Waals surface area contributed by atoms with E-state index in [1.165, 1.54) is 6.42 Å². The maximum atomic E-state index is 12.2. The van der Waals surface area contributed by atoms with Gasteiger partial charge in [-0.1, -0.05) is 0 Å². The number of hydrogen-bond donors (Lipinski definition) is 0. The third-order valence-electron chi connectivity index (χ3n) is 4.88. The number of carbonyl (C=O) groups is 1. The average Bonchev–Trinajstić information content (AvgIpc) is 2.57. The number of esters is 1. The second-order valence-corrected chi connectivity index (χ2v) is 6.64.